The topological polar surface area (TPSA) is 12.5 Å². The number of nitrogens with zero attached hydrogens (tertiary/aromatic N) is 1. The summed E-state index contributed by atoms with van der Waals surface area (Å²) in [4.78, 5) is 2.52. The third kappa shape index (κ3) is 2.37. The Morgan fingerprint density at radius 2 is 2.06 bits per heavy atom. The summed E-state index contributed by atoms with van der Waals surface area (Å²) < 4.78 is 7.86. The van der Waals surface area contributed by atoms with E-state index in [0.717, 1.165) is 26.7 Å². The zero-order valence-electron chi connectivity index (χ0n) is 9.66. The molecule has 0 spiro atoms. The van der Waals surface area contributed by atoms with Crippen molar-refractivity contribution in [1.82, 2.24) is 4.90 Å². The van der Waals surface area contributed by atoms with Gasteiger partial charge in [-0.25, -0.2) is 0 Å². The van der Waals surface area contributed by atoms with E-state index in [1.54, 1.807) is 0 Å². The number of halogens is 2. The fourth-order valence-electron chi connectivity index (χ4n) is 3.01. The number of piperidine rings is 1. The molecule has 2 saturated heterocycles. The Morgan fingerprint density at radius 3 is 2.59 bits per heavy atom. The van der Waals surface area contributed by atoms with E-state index in [1.165, 1.54) is 24.2 Å². The number of thiophene rings is 1. The minimum Gasteiger partial charge on any atom is -0.480 e. The maximum Gasteiger partial charge on any atom is 0.189 e. The van der Waals surface area contributed by atoms with Crippen LogP contribution in [0.5, 0.6) is 5.06 Å². The number of hydrogen-bond acceptors (Lipinski definition) is 3. The third-order valence-corrected chi connectivity index (χ3v) is 5.96. The van der Waals surface area contributed by atoms with Crippen molar-refractivity contribution in [1.29, 1.82) is 0 Å². The Bertz CT molecular complexity index is 411. The van der Waals surface area contributed by atoms with Crippen molar-refractivity contribution in [2.75, 3.05) is 7.05 Å². The van der Waals surface area contributed by atoms with Crippen LogP contribution in [0.2, 0.25) is 4.34 Å². The monoisotopic (exact) mass is 335 g/mol. The Morgan fingerprint density at radius 1 is 1.41 bits per heavy atom. The van der Waals surface area contributed by atoms with Crippen LogP contribution >= 0.6 is 38.9 Å². The average molecular weight is 337 g/mol. The Balaban J connectivity index is 1.69. The van der Waals surface area contributed by atoms with E-state index >= 15 is 0 Å². The first-order valence-corrected chi connectivity index (χ1v) is 7.95. The maximum absolute atomic E-state index is 6.10. The van der Waals surface area contributed by atoms with E-state index in [2.05, 4.69) is 27.9 Å². The lowest BCUT2D eigenvalue weighted by molar-refractivity contribution is 0.0681. The number of rotatable bonds is 2. The molecule has 3 rings (SSSR count). The standard InChI is InChI=1S/C12H15BrClNOS/c1-15-7-2-3-8(15)5-9(4-7)16-12-10(13)6-11(14)17-12/h6-9H,2-5H2,1H3. The molecule has 2 atom stereocenters. The predicted octanol–water partition coefficient (Wildman–Crippen LogP) is 4.17. The molecule has 17 heavy (non-hydrogen) atoms. The molecule has 0 aliphatic carbocycles. The van der Waals surface area contributed by atoms with Crippen molar-refractivity contribution < 1.29 is 4.74 Å². The molecule has 2 fully saturated rings. The van der Waals surface area contributed by atoms with Crippen LogP contribution in [0.3, 0.4) is 0 Å². The number of hydrogen-bond donors (Lipinski definition) is 0. The van der Waals surface area contributed by atoms with Gasteiger partial charge < -0.3 is 9.64 Å². The predicted molar refractivity (Wildman–Crippen MR) is 75.3 cm³/mol. The molecule has 2 unspecified atom stereocenters. The Labute approximate surface area is 119 Å². The normalized spacial score (nSPS) is 33.0. The summed E-state index contributed by atoms with van der Waals surface area (Å²) in [5, 5.41) is 0.934. The summed E-state index contributed by atoms with van der Waals surface area (Å²) in [6.07, 6.45) is 5.31. The Hall–Kier alpha value is 0.230. The molecule has 1 aromatic heterocycles. The fourth-order valence-corrected chi connectivity index (χ4v) is 4.88. The molecule has 0 aromatic carbocycles. The molecule has 5 heteroatoms. The van der Waals surface area contributed by atoms with Gasteiger partial charge in [-0.1, -0.05) is 22.9 Å². The lowest BCUT2D eigenvalue weighted by atomic mass is 10.0. The van der Waals surface area contributed by atoms with Crippen LogP contribution in [0.25, 0.3) is 0 Å². The van der Waals surface area contributed by atoms with Gasteiger partial charge in [0.05, 0.1) is 8.81 Å². The van der Waals surface area contributed by atoms with E-state index < -0.39 is 0 Å². The van der Waals surface area contributed by atoms with Gasteiger partial charge in [0.25, 0.3) is 0 Å². The highest BCUT2D eigenvalue weighted by atomic mass is 79.9. The minimum atomic E-state index is 0.356. The number of fused-ring (bicyclic) bond motifs is 2. The van der Waals surface area contributed by atoms with Crippen LogP contribution < -0.4 is 4.74 Å². The summed E-state index contributed by atoms with van der Waals surface area (Å²) in [6, 6.07) is 3.34. The van der Waals surface area contributed by atoms with Gasteiger partial charge in [0, 0.05) is 12.1 Å². The molecular formula is C12H15BrClNOS. The number of ether oxygens (including phenoxy) is 1. The first-order chi connectivity index (χ1) is 8.13. The van der Waals surface area contributed by atoms with Gasteiger partial charge in [-0.05, 0) is 54.7 Å². The van der Waals surface area contributed by atoms with Crippen molar-refractivity contribution in [2.45, 2.75) is 43.9 Å². The van der Waals surface area contributed by atoms with Crippen molar-refractivity contribution >= 4 is 38.9 Å². The van der Waals surface area contributed by atoms with Crippen LogP contribution in [0.4, 0.5) is 0 Å². The van der Waals surface area contributed by atoms with Crippen LogP contribution in [0.1, 0.15) is 25.7 Å². The molecule has 3 heterocycles. The molecular weight excluding hydrogens is 322 g/mol. The molecule has 94 valence electrons. The van der Waals surface area contributed by atoms with Crippen molar-refractivity contribution in [2.24, 2.45) is 0 Å². The molecule has 1 aromatic rings. The highest BCUT2D eigenvalue weighted by molar-refractivity contribution is 9.10. The smallest absolute Gasteiger partial charge is 0.189 e. The van der Waals surface area contributed by atoms with Gasteiger partial charge in [-0.15, -0.1) is 0 Å². The quantitative estimate of drug-likeness (QED) is 0.804. The summed E-state index contributed by atoms with van der Waals surface area (Å²) >= 11 is 11.0. The molecule has 2 aliphatic heterocycles. The molecule has 2 aliphatic rings. The largest absolute Gasteiger partial charge is 0.480 e. The highest BCUT2D eigenvalue weighted by Gasteiger charge is 2.39. The summed E-state index contributed by atoms with van der Waals surface area (Å²) in [6.45, 7) is 0. The minimum absolute atomic E-state index is 0.356. The lowest BCUT2D eigenvalue weighted by Gasteiger charge is -2.36. The molecule has 2 bridgehead atoms. The summed E-state index contributed by atoms with van der Waals surface area (Å²) in [7, 11) is 2.25. The van der Waals surface area contributed by atoms with Gasteiger partial charge in [-0.2, -0.15) is 0 Å². The molecule has 0 amide bonds. The molecule has 0 saturated carbocycles. The second-order valence-electron chi connectivity index (χ2n) is 4.95. The average Bonchev–Trinajstić information content (AvgIpc) is 2.68. The van der Waals surface area contributed by atoms with Gasteiger partial charge >= 0.3 is 0 Å². The van der Waals surface area contributed by atoms with E-state index in [0.29, 0.717) is 18.2 Å². The molecule has 2 nitrogen and oxygen atoms in total. The Kier molecular flexibility index (Phi) is 3.41. The van der Waals surface area contributed by atoms with E-state index in [-0.39, 0.29) is 0 Å². The van der Waals surface area contributed by atoms with Crippen LogP contribution in [-0.2, 0) is 0 Å². The van der Waals surface area contributed by atoms with Crippen LogP contribution in [0.15, 0.2) is 10.5 Å². The van der Waals surface area contributed by atoms with E-state index in [1.807, 2.05) is 6.07 Å². The second kappa shape index (κ2) is 4.72. The van der Waals surface area contributed by atoms with Crippen LogP contribution in [-0.4, -0.2) is 30.1 Å². The van der Waals surface area contributed by atoms with Gasteiger partial charge in [-0.3, -0.25) is 0 Å². The highest BCUT2D eigenvalue weighted by Crippen LogP contribution is 2.41. The van der Waals surface area contributed by atoms with Crippen molar-refractivity contribution in [3.8, 4) is 5.06 Å². The van der Waals surface area contributed by atoms with Gasteiger partial charge in [0.1, 0.15) is 6.10 Å². The lowest BCUT2D eigenvalue weighted by Crippen LogP contribution is -2.43. The second-order valence-corrected chi connectivity index (χ2v) is 7.45. The first-order valence-electron chi connectivity index (χ1n) is 5.97. The SMILES string of the molecule is CN1C2CCC1CC(Oc1sc(Cl)cc1Br)C2. The summed E-state index contributed by atoms with van der Waals surface area (Å²) in [5.74, 6) is 0. The van der Waals surface area contributed by atoms with Gasteiger partial charge in [0.15, 0.2) is 5.06 Å². The molecule has 0 N–H and O–H groups in total. The fraction of sp³-hybridized carbons (Fsp3) is 0.667. The first kappa shape index (κ1) is 12.3. The van der Waals surface area contributed by atoms with Crippen molar-refractivity contribution in [3.63, 3.8) is 0 Å². The maximum atomic E-state index is 6.10. The van der Waals surface area contributed by atoms with Crippen molar-refractivity contribution in [3.05, 3.63) is 14.9 Å². The zero-order valence-corrected chi connectivity index (χ0v) is 12.8. The van der Waals surface area contributed by atoms with E-state index in [4.69, 9.17) is 16.3 Å². The zero-order chi connectivity index (χ0) is 12.0. The summed E-state index contributed by atoms with van der Waals surface area (Å²) in [5.41, 5.74) is 0. The van der Waals surface area contributed by atoms with Crippen LogP contribution in [0, 0.1) is 0 Å². The van der Waals surface area contributed by atoms with E-state index in [9.17, 15) is 0 Å². The molecule has 0 radical (unpaired) electrons. The third-order valence-electron chi connectivity index (χ3n) is 3.95. The van der Waals surface area contributed by atoms with Gasteiger partial charge in [0.2, 0.25) is 0 Å².